The van der Waals surface area contributed by atoms with Crippen LogP contribution < -0.4 is 5.32 Å². The fourth-order valence-corrected chi connectivity index (χ4v) is 2.79. The summed E-state index contributed by atoms with van der Waals surface area (Å²) in [5, 5.41) is 4.38. The van der Waals surface area contributed by atoms with Crippen LogP contribution in [0.25, 0.3) is 10.1 Å². The van der Waals surface area contributed by atoms with E-state index in [0.717, 1.165) is 17.4 Å². The molecule has 2 rings (SSSR count). The van der Waals surface area contributed by atoms with Crippen molar-refractivity contribution >= 4 is 37.5 Å². The lowest BCUT2D eigenvalue weighted by Crippen LogP contribution is -2.10. The SMILES string of the molecule is CNCCc1cc(Br)c2sncc2c1. The predicted octanol–water partition coefficient (Wildman–Crippen LogP) is 2.82. The van der Waals surface area contributed by atoms with Crippen molar-refractivity contribution < 1.29 is 0 Å². The summed E-state index contributed by atoms with van der Waals surface area (Å²) in [7, 11) is 1.97. The summed E-state index contributed by atoms with van der Waals surface area (Å²) in [6.45, 7) is 1.01. The number of rotatable bonds is 3. The van der Waals surface area contributed by atoms with Gasteiger partial charge in [0.1, 0.15) is 0 Å². The third-order valence-electron chi connectivity index (χ3n) is 2.13. The van der Waals surface area contributed by atoms with Gasteiger partial charge in [0.25, 0.3) is 0 Å². The molecule has 74 valence electrons. The highest BCUT2D eigenvalue weighted by molar-refractivity contribution is 9.10. The summed E-state index contributed by atoms with van der Waals surface area (Å²) >= 11 is 5.10. The molecule has 1 N–H and O–H groups in total. The van der Waals surface area contributed by atoms with Crippen LogP contribution in [0.3, 0.4) is 0 Å². The van der Waals surface area contributed by atoms with Gasteiger partial charge in [0.05, 0.1) is 4.70 Å². The number of halogens is 1. The number of nitrogens with zero attached hydrogens (tertiary/aromatic N) is 1. The minimum atomic E-state index is 1.01. The highest BCUT2D eigenvalue weighted by Gasteiger charge is 2.03. The molecule has 0 amide bonds. The van der Waals surface area contributed by atoms with Crippen molar-refractivity contribution in [3.63, 3.8) is 0 Å². The first-order valence-corrected chi connectivity index (χ1v) is 6.05. The van der Waals surface area contributed by atoms with Gasteiger partial charge in [-0.2, -0.15) is 4.37 Å². The summed E-state index contributed by atoms with van der Waals surface area (Å²) in [5.74, 6) is 0. The number of benzene rings is 1. The van der Waals surface area contributed by atoms with E-state index in [-0.39, 0.29) is 0 Å². The molecule has 0 fully saturated rings. The minimum absolute atomic E-state index is 1.01. The largest absolute Gasteiger partial charge is 0.319 e. The molecular weight excluding hydrogens is 260 g/mol. The summed E-state index contributed by atoms with van der Waals surface area (Å²) in [6.07, 6.45) is 2.98. The second kappa shape index (κ2) is 4.38. The summed E-state index contributed by atoms with van der Waals surface area (Å²) < 4.78 is 6.57. The Labute approximate surface area is 95.6 Å². The number of hydrogen-bond donors (Lipinski definition) is 1. The van der Waals surface area contributed by atoms with Crippen molar-refractivity contribution in [3.05, 3.63) is 28.4 Å². The van der Waals surface area contributed by atoms with Crippen LogP contribution in [-0.4, -0.2) is 18.0 Å². The maximum atomic E-state index is 4.18. The Morgan fingerprint density at radius 1 is 1.50 bits per heavy atom. The molecule has 0 aliphatic heterocycles. The molecule has 2 nitrogen and oxygen atoms in total. The molecule has 0 saturated heterocycles. The van der Waals surface area contributed by atoms with Crippen molar-refractivity contribution in [1.29, 1.82) is 0 Å². The van der Waals surface area contributed by atoms with Crippen molar-refractivity contribution in [2.45, 2.75) is 6.42 Å². The fraction of sp³-hybridized carbons (Fsp3) is 0.300. The third-order valence-corrected chi connectivity index (χ3v) is 3.87. The molecule has 1 heterocycles. The molecule has 0 aliphatic carbocycles. The van der Waals surface area contributed by atoms with Gasteiger partial charge in [-0.05, 0) is 65.2 Å². The van der Waals surface area contributed by atoms with E-state index in [0.29, 0.717) is 0 Å². The molecule has 0 bridgehead atoms. The van der Waals surface area contributed by atoms with Crippen LogP contribution in [0.2, 0.25) is 0 Å². The lowest BCUT2D eigenvalue weighted by molar-refractivity contribution is 0.792. The van der Waals surface area contributed by atoms with Crippen molar-refractivity contribution in [1.82, 2.24) is 9.69 Å². The van der Waals surface area contributed by atoms with Gasteiger partial charge in [-0.3, -0.25) is 0 Å². The highest BCUT2D eigenvalue weighted by atomic mass is 79.9. The highest BCUT2D eigenvalue weighted by Crippen LogP contribution is 2.28. The third kappa shape index (κ3) is 1.97. The molecule has 14 heavy (non-hydrogen) atoms. The van der Waals surface area contributed by atoms with E-state index < -0.39 is 0 Å². The van der Waals surface area contributed by atoms with Crippen LogP contribution in [-0.2, 0) is 6.42 Å². The quantitative estimate of drug-likeness (QED) is 0.928. The first-order chi connectivity index (χ1) is 6.81. The summed E-state index contributed by atoms with van der Waals surface area (Å²) in [5.41, 5.74) is 1.35. The number of nitrogens with one attached hydrogen (secondary N) is 1. The Bertz CT molecular complexity index is 439. The van der Waals surface area contributed by atoms with E-state index in [9.17, 15) is 0 Å². The molecule has 1 aromatic heterocycles. The Balaban J connectivity index is 2.38. The molecule has 0 saturated carbocycles. The second-order valence-corrected chi connectivity index (χ2v) is 4.83. The van der Waals surface area contributed by atoms with Gasteiger partial charge < -0.3 is 5.32 Å². The molecule has 0 spiro atoms. The van der Waals surface area contributed by atoms with Crippen molar-refractivity contribution in [2.24, 2.45) is 0 Å². The van der Waals surface area contributed by atoms with E-state index in [2.05, 4.69) is 37.8 Å². The van der Waals surface area contributed by atoms with E-state index in [1.807, 2.05) is 13.2 Å². The van der Waals surface area contributed by atoms with E-state index in [4.69, 9.17) is 0 Å². The van der Waals surface area contributed by atoms with Crippen molar-refractivity contribution in [2.75, 3.05) is 13.6 Å². The maximum Gasteiger partial charge on any atom is 0.0692 e. The van der Waals surface area contributed by atoms with Crippen LogP contribution in [0, 0.1) is 0 Å². The van der Waals surface area contributed by atoms with Gasteiger partial charge in [-0.25, -0.2) is 0 Å². The lowest BCUT2D eigenvalue weighted by atomic mass is 10.1. The molecule has 0 radical (unpaired) electrons. The lowest BCUT2D eigenvalue weighted by Gasteiger charge is -2.02. The maximum absolute atomic E-state index is 4.18. The Kier molecular flexibility index (Phi) is 3.15. The minimum Gasteiger partial charge on any atom is -0.319 e. The van der Waals surface area contributed by atoms with Crippen LogP contribution in [0.1, 0.15) is 5.56 Å². The number of hydrogen-bond acceptors (Lipinski definition) is 3. The first-order valence-electron chi connectivity index (χ1n) is 4.48. The number of likely N-dealkylation sites (N-methyl/N-ethyl adjacent to an activating group) is 1. The molecule has 0 atom stereocenters. The average molecular weight is 271 g/mol. The van der Waals surface area contributed by atoms with Crippen LogP contribution in [0.4, 0.5) is 0 Å². The van der Waals surface area contributed by atoms with Crippen molar-refractivity contribution in [3.8, 4) is 0 Å². The molecule has 0 unspecified atom stereocenters. The van der Waals surface area contributed by atoms with Gasteiger partial charge in [-0.15, -0.1) is 0 Å². The van der Waals surface area contributed by atoms with Gasteiger partial charge in [-0.1, -0.05) is 0 Å². The van der Waals surface area contributed by atoms with E-state index in [1.54, 1.807) is 0 Å². The fourth-order valence-electron chi connectivity index (χ4n) is 1.41. The Morgan fingerprint density at radius 2 is 2.36 bits per heavy atom. The molecule has 0 aliphatic rings. The smallest absolute Gasteiger partial charge is 0.0692 e. The zero-order chi connectivity index (χ0) is 9.97. The Morgan fingerprint density at radius 3 is 3.14 bits per heavy atom. The number of fused-ring (bicyclic) bond motifs is 1. The topological polar surface area (TPSA) is 24.9 Å². The van der Waals surface area contributed by atoms with E-state index in [1.165, 1.54) is 27.2 Å². The Hall–Kier alpha value is -0.450. The van der Waals surface area contributed by atoms with E-state index >= 15 is 0 Å². The molecular formula is C10H11BrN2S. The number of aromatic nitrogens is 1. The average Bonchev–Trinajstić information content (AvgIpc) is 2.63. The standard InChI is InChI=1S/C10H11BrN2S/c1-12-3-2-7-4-8-6-13-14-10(8)9(11)5-7/h4-6,12H,2-3H2,1H3. The van der Waals surface area contributed by atoms with Crippen LogP contribution in [0.5, 0.6) is 0 Å². The first kappa shape index (κ1) is 10.1. The van der Waals surface area contributed by atoms with Crippen LogP contribution >= 0.6 is 27.5 Å². The van der Waals surface area contributed by atoms with Gasteiger partial charge in [0.2, 0.25) is 0 Å². The molecule has 2 aromatic rings. The van der Waals surface area contributed by atoms with Gasteiger partial charge in [0, 0.05) is 16.1 Å². The normalized spacial score (nSPS) is 11.0. The molecule has 1 aromatic carbocycles. The molecule has 4 heteroatoms. The van der Waals surface area contributed by atoms with Gasteiger partial charge >= 0.3 is 0 Å². The predicted molar refractivity (Wildman–Crippen MR) is 65.0 cm³/mol. The summed E-state index contributed by atoms with van der Waals surface area (Å²) in [4.78, 5) is 0. The second-order valence-electron chi connectivity index (χ2n) is 3.18. The van der Waals surface area contributed by atoms with Crippen LogP contribution in [0.15, 0.2) is 22.8 Å². The van der Waals surface area contributed by atoms with Gasteiger partial charge in [0.15, 0.2) is 0 Å². The summed E-state index contributed by atoms with van der Waals surface area (Å²) in [6, 6.07) is 4.39. The monoisotopic (exact) mass is 270 g/mol. The zero-order valence-electron chi connectivity index (χ0n) is 7.88. The zero-order valence-corrected chi connectivity index (χ0v) is 10.3.